The van der Waals surface area contributed by atoms with Gasteiger partial charge in [0.2, 0.25) is 5.91 Å². The molecule has 1 N–H and O–H groups in total. The third-order valence-electron chi connectivity index (χ3n) is 3.84. The molecule has 106 valence electrons. The molecule has 3 heteroatoms. The molecule has 3 rings (SSSR count). The number of hydrogen-bond donors (Lipinski definition) is 1. The van der Waals surface area contributed by atoms with E-state index in [1.807, 2.05) is 18.2 Å². The fraction of sp³-hybridized carbons (Fsp3) is 0.222. The van der Waals surface area contributed by atoms with Gasteiger partial charge in [0.05, 0.1) is 0 Å². The summed E-state index contributed by atoms with van der Waals surface area (Å²) in [6.07, 6.45) is 0.927. The molecule has 3 nitrogen and oxygen atoms in total. The van der Waals surface area contributed by atoms with Crippen LogP contribution in [-0.4, -0.2) is 11.7 Å². The Balaban J connectivity index is 1.68. The summed E-state index contributed by atoms with van der Waals surface area (Å²) < 4.78 is 0. The number of Topliss-reactive ketones (excluding diaryl/α,β-unsaturated/α-hetero) is 1. The first kappa shape index (κ1) is 13.6. The molecule has 0 spiro atoms. The number of anilines is 1. The second-order valence-corrected chi connectivity index (χ2v) is 5.48. The molecular weight excluding hydrogens is 262 g/mol. The standard InChI is InChI=1S/C18H17NO2/c1-12(20)19-15-9-7-14(8-10-15)18(21)17-11-16(17)13-5-3-2-4-6-13/h2-10,16-17H,11H2,1H3,(H,19,20). The van der Waals surface area contributed by atoms with Crippen molar-refractivity contribution >= 4 is 17.4 Å². The molecule has 0 aromatic heterocycles. The molecule has 2 aromatic carbocycles. The molecule has 0 aliphatic heterocycles. The lowest BCUT2D eigenvalue weighted by Crippen LogP contribution is -2.07. The Bertz CT molecular complexity index is 661. The van der Waals surface area contributed by atoms with E-state index in [0.29, 0.717) is 11.5 Å². The Kier molecular flexibility index (Phi) is 3.57. The highest BCUT2D eigenvalue weighted by Crippen LogP contribution is 2.49. The van der Waals surface area contributed by atoms with Gasteiger partial charge in [-0.3, -0.25) is 9.59 Å². The maximum absolute atomic E-state index is 12.4. The maximum Gasteiger partial charge on any atom is 0.221 e. The highest BCUT2D eigenvalue weighted by Gasteiger charge is 2.43. The topological polar surface area (TPSA) is 46.2 Å². The summed E-state index contributed by atoms with van der Waals surface area (Å²) in [5.74, 6) is 0.534. The van der Waals surface area contributed by atoms with E-state index in [1.54, 1.807) is 24.3 Å². The molecular formula is C18H17NO2. The van der Waals surface area contributed by atoms with Gasteiger partial charge in [-0.2, -0.15) is 0 Å². The van der Waals surface area contributed by atoms with Gasteiger partial charge in [-0.1, -0.05) is 30.3 Å². The van der Waals surface area contributed by atoms with E-state index in [0.717, 1.165) is 12.1 Å². The highest BCUT2D eigenvalue weighted by atomic mass is 16.1. The zero-order chi connectivity index (χ0) is 14.8. The lowest BCUT2D eigenvalue weighted by Gasteiger charge is -2.04. The molecule has 2 unspecified atom stereocenters. The van der Waals surface area contributed by atoms with Gasteiger partial charge in [0.15, 0.2) is 5.78 Å². The number of carbonyl (C=O) groups is 2. The van der Waals surface area contributed by atoms with Gasteiger partial charge < -0.3 is 5.32 Å². The number of nitrogens with one attached hydrogen (secondary N) is 1. The van der Waals surface area contributed by atoms with Gasteiger partial charge >= 0.3 is 0 Å². The Morgan fingerprint density at radius 2 is 1.67 bits per heavy atom. The minimum absolute atomic E-state index is 0.0963. The minimum atomic E-state index is -0.111. The van der Waals surface area contributed by atoms with Gasteiger partial charge in [0.1, 0.15) is 0 Å². The molecule has 1 aliphatic rings. The van der Waals surface area contributed by atoms with E-state index < -0.39 is 0 Å². The van der Waals surface area contributed by atoms with Crippen LogP contribution < -0.4 is 5.32 Å². The van der Waals surface area contributed by atoms with Crippen LogP contribution in [0.1, 0.15) is 35.2 Å². The normalized spacial score (nSPS) is 19.9. The van der Waals surface area contributed by atoms with E-state index in [4.69, 9.17) is 0 Å². The summed E-state index contributed by atoms with van der Waals surface area (Å²) in [7, 11) is 0. The van der Waals surface area contributed by atoms with E-state index >= 15 is 0 Å². The zero-order valence-corrected chi connectivity index (χ0v) is 11.9. The lowest BCUT2D eigenvalue weighted by molar-refractivity contribution is -0.114. The van der Waals surface area contributed by atoms with Gasteiger partial charge in [0, 0.05) is 24.1 Å². The SMILES string of the molecule is CC(=O)Nc1ccc(C(=O)C2CC2c2ccccc2)cc1. The van der Waals surface area contributed by atoms with Crippen LogP contribution in [0.5, 0.6) is 0 Å². The van der Waals surface area contributed by atoms with Crippen molar-refractivity contribution in [2.45, 2.75) is 19.3 Å². The summed E-state index contributed by atoms with van der Waals surface area (Å²) in [6, 6.07) is 17.3. The average molecular weight is 279 g/mol. The van der Waals surface area contributed by atoms with Crippen molar-refractivity contribution in [2.75, 3.05) is 5.32 Å². The van der Waals surface area contributed by atoms with Crippen LogP contribution in [0.4, 0.5) is 5.69 Å². The molecule has 1 amide bonds. The third kappa shape index (κ3) is 3.02. The molecule has 2 aromatic rings. The first-order chi connectivity index (χ1) is 10.1. The Morgan fingerprint density at radius 1 is 1.00 bits per heavy atom. The second kappa shape index (κ2) is 5.52. The van der Waals surface area contributed by atoms with Crippen molar-refractivity contribution in [1.82, 2.24) is 0 Å². The first-order valence-corrected chi connectivity index (χ1v) is 7.12. The molecule has 1 aliphatic carbocycles. The fourth-order valence-electron chi connectivity index (χ4n) is 2.69. The maximum atomic E-state index is 12.4. The third-order valence-corrected chi connectivity index (χ3v) is 3.84. The molecule has 0 heterocycles. The molecule has 2 atom stereocenters. The van der Waals surface area contributed by atoms with Crippen LogP contribution in [0.15, 0.2) is 54.6 Å². The molecule has 1 saturated carbocycles. The predicted octanol–water partition coefficient (Wildman–Crippen LogP) is 3.63. The van der Waals surface area contributed by atoms with Crippen LogP contribution in [0.2, 0.25) is 0 Å². The molecule has 0 bridgehead atoms. The number of ketones is 1. The van der Waals surface area contributed by atoms with Gasteiger partial charge in [-0.05, 0) is 42.2 Å². The molecule has 1 fully saturated rings. The first-order valence-electron chi connectivity index (χ1n) is 7.12. The fourth-order valence-corrected chi connectivity index (χ4v) is 2.69. The van der Waals surface area contributed by atoms with Crippen molar-refractivity contribution in [3.63, 3.8) is 0 Å². The van der Waals surface area contributed by atoms with E-state index in [-0.39, 0.29) is 17.6 Å². The van der Waals surface area contributed by atoms with Crippen LogP contribution >= 0.6 is 0 Å². The minimum Gasteiger partial charge on any atom is -0.326 e. The lowest BCUT2D eigenvalue weighted by atomic mass is 10.0. The number of rotatable bonds is 4. The number of carbonyl (C=O) groups excluding carboxylic acids is 2. The van der Waals surface area contributed by atoms with Crippen molar-refractivity contribution < 1.29 is 9.59 Å². The summed E-state index contributed by atoms with van der Waals surface area (Å²) >= 11 is 0. The van der Waals surface area contributed by atoms with Gasteiger partial charge in [-0.15, -0.1) is 0 Å². The van der Waals surface area contributed by atoms with Crippen molar-refractivity contribution in [1.29, 1.82) is 0 Å². The molecule has 21 heavy (non-hydrogen) atoms. The van der Waals surface area contributed by atoms with Gasteiger partial charge in [-0.25, -0.2) is 0 Å². The summed E-state index contributed by atoms with van der Waals surface area (Å²) in [5.41, 5.74) is 2.67. The van der Waals surface area contributed by atoms with Crippen molar-refractivity contribution in [3.8, 4) is 0 Å². The molecule has 0 saturated heterocycles. The Hall–Kier alpha value is -2.42. The average Bonchev–Trinajstić information content (AvgIpc) is 3.28. The van der Waals surface area contributed by atoms with Crippen LogP contribution in [0, 0.1) is 5.92 Å². The van der Waals surface area contributed by atoms with Crippen molar-refractivity contribution in [2.24, 2.45) is 5.92 Å². The van der Waals surface area contributed by atoms with Crippen molar-refractivity contribution in [3.05, 3.63) is 65.7 Å². The zero-order valence-electron chi connectivity index (χ0n) is 11.9. The molecule has 0 radical (unpaired) electrons. The Morgan fingerprint density at radius 3 is 2.29 bits per heavy atom. The summed E-state index contributed by atoms with van der Waals surface area (Å²) in [5, 5.41) is 2.70. The van der Waals surface area contributed by atoms with Gasteiger partial charge in [0.25, 0.3) is 0 Å². The van der Waals surface area contributed by atoms with E-state index in [9.17, 15) is 9.59 Å². The second-order valence-electron chi connectivity index (χ2n) is 5.48. The van der Waals surface area contributed by atoms with Crippen LogP contribution in [0.25, 0.3) is 0 Å². The van der Waals surface area contributed by atoms with Crippen LogP contribution in [-0.2, 0) is 4.79 Å². The van der Waals surface area contributed by atoms with E-state index in [1.165, 1.54) is 12.5 Å². The van der Waals surface area contributed by atoms with Crippen LogP contribution in [0.3, 0.4) is 0 Å². The quantitative estimate of drug-likeness (QED) is 0.869. The summed E-state index contributed by atoms with van der Waals surface area (Å²) in [4.78, 5) is 23.4. The van der Waals surface area contributed by atoms with E-state index in [2.05, 4.69) is 17.4 Å². The monoisotopic (exact) mass is 279 g/mol. The summed E-state index contributed by atoms with van der Waals surface area (Å²) in [6.45, 7) is 1.47. The predicted molar refractivity (Wildman–Crippen MR) is 82.4 cm³/mol. The number of benzene rings is 2. The number of hydrogen-bond acceptors (Lipinski definition) is 2. The largest absolute Gasteiger partial charge is 0.326 e. The number of amides is 1. The highest BCUT2D eigenvalue weighted by molar-refractivity contribution is 6.01. The Labute approximate surface area is 124 Å². The smallest absolute Gasteiger partial charge is 0.221 e.